The molecule has 5 nitrogen and oxygen atoms in total. The van der Waals surface area contributed by atoms with E-state index in [2.05, 4.69) is 22.2 Å². The van der Waals surface area contributed by atoms with E-state index in [9.17, 15) is 0 Å². The van der Waals surface area contributed by atoms with E-state index in [4.69, 9.17) is 9.84 Å². The third-order valence-corrected chi connectivity index (χ3v) is 3.13. The topological polar surface area (TPSA) is 67.3 Å². The van der Waals surface area contributed by atoms with Gasteiger partial charge in [0.1, 0.15) is 17.5 Å². The molecule has 0 fully saturated rings. The summed E-state index contributed by atoms with van der Waals surface area (Å²) in [5.74, 6) is 2.38. The Morgan fingerprint density at radius 2 is 2.28 bits per heavy atom. The van der Waals surface area contributed by atoms with E-state index in [0.29, 0.717) is 12.4 Å². The van der Waals surface area contributed by atoms with Gasteiger partial charge in [-0.15, -0.1) is 11.8 Å². The summed E-state index contributed by atoms with van der Waals surface area (Å²) in [4.78, 5) is 8.79. The van der Waals surface area contributed by atoms with Crippen LogP contribution >= 0.6 is 11.8 Å². The summed E-state index contributed by atoms with van der Waals surface area (Å²) in [6.45, 7) is 3.63. The van der Waals surface area contributed by atoms with Gasteiger partial charge in [-0.3, -0.25) is 0 Å². The SMILES string of the molecule is CCCNc1cc(SCCCO)nc(COC)n1. The lowest BCUT2D eigenvalue weighted by molar-refractivity contribution is 0.177. The van der Waals surface area contributed by atoms with Crippen molar-refractivity contribution in [2.45, 2.75) is 31.4 Å². The van der Waals surface area contributed by atoms with Crippen molar-refractivity contribution < 1.29 is 9.84 Å². The number of rotatable bonds is 9. The molecule has 0 aliphatic heterocycles. The zero-order valence-electron chi connectivity index (χ0n) is 11.0. The second kappa shape index (κ2) is 9.13. The molecule has 0 unspecified atom stereocenters. The molecule has 1 aromatic rings. The molecule has 0 saturated heterocycles. The number of nitrogens with zero attached hydrogens (tertiary/aromatic N) is 2. The van der Waals surface area contributed by atoms with Crippen LogP contribution in [0.15, 0.2) is 11.1 Å². The summed E-state index contributed by atoms with van der Waals surface area (Å²) >= 11 is 1.63. The standard InChI is InChI=1S/C12H21N3O2S/c1-3-5-13-10-8-12(18-7-4-6-16)15-11(14-10)9-17-2/h8,16H,3-7,9H2,1-2H3,(H,13,14,15). The van der Waals surface area contributed by atoms with Crippen molar-refractivity contribution in [3.05, 3.63) is 11.9 Å². The van der Waals surface area contributed by atoms with E-state index in [1.54, 1.807) is 18.9 Å². The van der Waals surface area contributed by atoms with Crippen LogP contribution in [0.25, 0.3) is 0 Å². The molecule has 0 bridgehead atoms. The van der Waals surface area contributed by atoms with Crippen LogP contribution in [0.2, 0.25) is 0 Å². The Morgan fingerprint density at radius 1 is 1.44 bits per heavy atom. The fourth-order valence-electron chi connectivity index (χ4n) is 1.33. The molecule has 18 heavy (non-hydrogen) atoms. The van der Waals surface area contributed by atoms with Crippen LogP contribution in [-0.2, 0) is 11.3 Å². The lowest BCUT2D eigenvalue weighted by Gasteiger charge is -2.08. The van der Waals surface area contributed by atoms with Gasteiger partial charge in [-0.25, -0.2) is 9.97 Å². The van der Waals surface area contributed by atoms with Crippen molar-refractivity contribution >= 4 is 17.6 Å². The van der Waals surface area contributed by atoms with Gasteiger partial charge in [0.05, 0.1) is 0 Å². The van der Waals surface area contributed by atoms with Gasteiger partial charge in [-0.1, -0.05) is 6.92 Å². The van der Waals surface area contributed by atoms with Gasteiger partial charge in [0.25, 0.3) is 0 Å². The van der Waals surface area contributed by atoms with Crippen LogP contribution in [0, 0.1) is 0 Å². The number of nitrogens with one attached hydrogen (secondary N) is 1. The van der Waals surface area contributed by atoms with Gasteiger partial charge in [0.15, 0.2) is 5.82 Å². The maximum Gasteiger partial charge on any atom is 0.157 e. The number of aliphatic hydroxyl groups excluding tert-OH is 1. The summed E-state index contributed by atoms with van der Waals surface area (Å²) in [6.07, 6.45) is 1.82. The van der Waals surface area contributed by atoms with Crippen molar-refractivity contribution in [1.82, 2.24) is 9.97 Å². The lowest BCUT2D eigenvalue weighted by atomic mass is 10.4. The molecule has 0 radical (unpaired) electrons. The zero-order chi connectivity index (χ0) is 13.2. The number of aliphatic hydroxyl groups is 1. The summed E-state index contributed by atoms with van der Waals surface area (Å²) < 4.78 is 5.07. The summed E-state index contributed by atoms with van der Waals surface area (Å²) in [7, 11) is 1.63. The quantitative estimate of drug-likeness (QED) is 0.406. The van der Waals surface area contributed by atoms with Crippen molar-refractivity contribution in [3.8, 4) is 0 Å². The van der Waals surface area contributed by atoms with Gasteiger partial charge < -0.3 is 15.2 Å². The first kappa shape index (κ1) is 15.2. The van der Waals surface area contributed by atoms with Gasteiger partial charge in [-0.05, 0) is 12.8 Å². The van der Waals surface area contributed by atoms with Crippen LogP contribution in [0.3, 0.4) is 0 Å². The molecule has 0 atom stereocenters. The first-order chi connectivity index (χ1) is 8.80. The minimum Gasteiger partial charge on any atom is -0.396 e. The molecule has 0 aliphatic carbocycles. The molecule has 2 N–H and O–H groups in total. The summed E-state index contributed by atoms with van der Waals surface area (Å²) in [5, 5.41) is 13.0. The molecule has 0 amide bonds. The first-order valence-corrected chi connectivity index (χ1v) is 7.13. The van der Waals surface area contributed by atoms with Gasteiger partial charge in [0, 0.05) is 32.1 Å². The van der Waals surface area contributed by atoms with Gasteiger partial charge in [-0.2, -0.15) is 0 Å². The maximum absolute atomic E-state index is 8.78. The Morgan fingerprint density at radius 3 is 2.94 bits per heavy atom. The van der Waals surface area contributed by atoms with Gasteiger partial charge >= 0.3 is 0 Å². The van der Waals surface area contributed by atoms with Crippen LogP contribution in [0.5, 0.6) is 0 Å². The third kappa shape index (κ3) is 5.66. The highest BCUT2D eigenvalue weighted by atomic mass is 32.2. The smallest absolute Gasteiger partial charge is 0.157 e. The zero-order valence-corrected chi connectivity index (χ0v) is 11.8. The molecular formula is C12H21N3O2S. The molecule has 1 rings (SSSR count). The monoisotopic (exact) mass is 271 g/mol. The number of thioether (sulfide) groups is 1. The Bertz CT molecular complexity index is 350. The van der Waals surface area contributed by atoms with E-state index < -0.39 is 0 Å². The largest absolute Gasteiger partial charge is 0.396 e. The number of anilines is 1. The normalized spacial score (nSPS) is 10.6. The van der Waals surface area contributed by atoms with E-state index in [1.807, 2.05) is 6.07 Å². The number of aromatic nitrogens is 2. The molecular weight excluding hydrogens is 250 g/mol. The molecule has 0 aliphatic rings. The molecule has 0 aromatic carbocycles. The van der Waals surface area contributed by atoms with Crippen molar-refractivity contribution in [2.24, 2.45) is 0 Å². The number of ether oxygens (including phenoxy) is 1. The van der Waals surface area contributed by atoms with Crippen LogP contribution in [0.1, 0.15) is 25.6 Å². The van der Waals surface area contributed by atoms with Gasteiger partial charge in [0.2, 0.25) is 0 Å². The van der Waals surface area contributed by atoms with Crippen LogP contribution < -0.4 is 5.32 Å². The highest BCUT2D eigenvalue weighted by molar-refractivity contribution is 7.99. The molecule has 0 saturated carbocycles. The van der Waals surface area contributed by atoms with Crippen LogP contribution in [-0.4, -0.2) is 41.1 Å². The Balaban J connectivity index is 2.70. The van der Waals surface area contributed by atoms with E-state index in [1.165, 1.54) is 0 Å². The average Bonchev–Trinajstić information content (AvgIpc) is 2.37. The fourth-order valence-corrected chi connectivity index (χ4v) is 2.17. The van der Waals surface area contributed by atoms with E-state index in [-0.39, 0.29) is 6.61 Å². The maximum atomic E-state index is 8.78. The molecule has 102 valence electrons. The number of hydrogen-bond acceptors (Lipinski definition) is 6. The molecule has 1 heterocycles. The number of hydrogen-bond donors (Lipinski definition) is 2. The van der Waals surface area contributed by atoms with Crippen LogP contribution in [0.4, 0.5) is 5.82 Å². The van der Waals surface area contributed by atoms with Crippen molar-refractivity contribution in [2.75, 3.05) is 31.3 Å². The molecule has 1 aromatic heterocycles. The fraction of sp³-hybridized carbons (Fsp3) is 0.667. The predicted octanol–water partition coefficient (Wildman–Crippen LogP) is 1.92. The van der Waals surface area contributed by atoms with E-state index >= 15 is 0 Å². The number of methoxy groups -OCH3 is 1. The highest BCUT2D eigenvalue weighted by Crippen LogP contribution is 2.19. The minimum atomic E-state index is 0.212. The van der Waals surface area contributed by atoms with Crippen molar-refractivity contribution in [1.29, 1.82) is 0 Å². The Labute approximate surface area is 112 Å². The Hall–Kier alpha value is -0.850. The summed E-state index contributed by atoms with van der Waals surface area (Å²) in [6, 6.07) is 1.94. The lowest BCUT2D eigenvalue weighted by Crippen LogP contribution is -2.06. The second-order valence-corrected chi connectivity index (χ2v) is 4.91. The minimum absolute atomic E-state index is 0.212. The molecule has 0 spiro atoms. The first-order valence-electron chi connectivity index (χ1n) is 6.14. The van der Waals surface area contributed by atoms with E-state index in [0.717, 1.165) is 36.0 Å². The summed E-state index contributed by atoms with van der Waals surface area (Å²) in [5.41, 5.74) is 0. The van der Waals surface area contributed by atoms with Crippen molar-refractivity contribution in [3.63, 3.8) is 0 Å². The third-order valence-electron chi connectivity index (χ3n) is 2.13. The predicted molar refractivity (Wildman–Crippen MR) is 74.0 cm³/mol. The average molecular weight is 271 g/mol. The Kier molecular flexibility index (Phi) is 7.71. The highest BCUT2D eigenvalue weighted by Gasteiger charge is 2.05. The molecule has 6 heteroatoms. The second-order valence-electron chi connectivity index (χ2n) is 3.79.